The summed E-state index contributed by atoms with van der Waals surface area (Å²) in [7, 11) is -3.90. The minimum Gasteiger partial charge on any atom is -0.321 e. The van der Waals surface area contributed by atoms with Gasteiger partial charge in [-0.05, 0) is 57.2 Å². The van der Waals surface area contributed by atoms with Gasteiger partial charge in [-0.15, -0.1) is 0 Å². The molecule has 0 unspecified atom stereocenters. The number of rotatable bonds is 7. The van der Waals surface area contributed by atoms with E-state index in [4.69, 9.17) is 0 Å². The highest BCUT2D eigenvalue weighted by atomic mass is 32.2. The minimum atomic E-state index is -3.90. The van der Waals surface area contributed by atoms with E-state index in [1.807, 2.05) is 19.9 Å². The zero-order valence-corrected chi connectivity index (χ0v) is 18.5. The van der Waals surface area contributed by atoms with Crippen LogP contribution in [0.15, 0.2) is 53.2 Å². The van der Waals surface area contributed by atoms with E-state index in [0.29, 0.717) is 23.5 Å². The van der Waals surface area contributed by atoms with Crippen molar-refractivity contribution in [3.8, 4) is 6.07 Å². The number of carbonyl (C=O) groups is 1. The van der Waals surface area contributed by atoms with Crippen LogP contribution in [-0.2, 0) is 21.4 Å². The third-order valence-electron chi connectivity index (χ3n) is 4.55. The largest absolute Gasteiger partial charge is 0.321 e. The van der Waals surface area contributed by atoms with E-state index in [9.17, 15) is 18.5 Å². The van der Waals surface area contributed by atoms with Gasteiger partial charge in [-0.3, -0.25) is 9.48 Å². The van der Waals surface area contributed by atoms with Gasteiger partial charge in [0.15, 0.2) is 0 Å². The Morgan fingerprint density at radius 3 is 2.53 bits per heavy atom. The second-order valence-electron chi connectivity index (χ2n) is 6.78. The lowest BCUT2D eigenvalue weighted by Crippen LogP contribution is -2.16. The number of aromatic nitrogens is 4. The molecule has 3 aromatic rings. The quantitative estimate of drug-likeness (QED) is 0.415. The van der Waals surface area contributed by atoms with Crippen LogP contribution in [0.3, 0.4) is 0 Å². The number of carbonyl (C=O) groups excluding carboxylic acids is 1. The van der Waals surface area contributed by atoms with Gasteiger partial charge in [0.05, 0.1) is 11.1 Å². The molecule has 2 aromatic heterocycles. The molecule has 0 aliphatic carbocycles. The number of sulfonamides is 1. The van der Waals surface area contributed by atoms with Crippen LogP contribution in [0.25, 0.3) is 6.08 Å². The number of benzene rings is 1. The van der Waals surface area contributed by atoms with Crippen LogP contribution in [-0.4, -0.2) is 34.1 Å². The summed E-state index contributed by atoms with van der Waals surface area (Å²) in [5.74, 6) is -0.647. The maximum absolute atomic E-state index is 12.5. The molecule has 11 heteroatoms. The van der Waals surface area contributed by atoms with Gasteiger partial charge < -0.3 is 5.32 Å². The Hall–Kier alpha value is -4.04. The van der Waals surface area contributed by atoms with Crippen molar-refractivity contribution in [3.05, 3.63) is 65.2 Å². The van der Waals surface area contributed by atoms with Crippen LogP contribution in [0.5, 0.6) is 0 Å². The zero-order chi connectivity index (χ0) is 23.3. The summed E-state index contributed by atoms with van der Waals surface area (Å²) in [5.41, 5.74) is 2.37. The van der Waals surface area contributed by atoms with E-state index in [1.165, 1.54) is 36.5 Å². The Balaban J connectivity index is 1.74. The number of nitrogens with one attached hydrogen (secondary N) is 2. The first-order valence-corrected chi connectivity index (χ1v) is 11.1. The second kappa shape index (κ2) is 9.40. The maximum atomic E-state index is 12.5. The van der Waals surface area contributed by atoms with Crippen molar-refractivity contribution in [3.63, 3.8) is 0 Å². The monoisotopic (exact) mass is 451 g/mol. The van der Waals surface area contributed by atoms with Crippen molar-refractivity contribution >= 4 is 33.6 Å². The van der Waals surface area contributed by atoms with Gasteiger partial charge in [0.2, 0.25) is 5.95 Å². The Bertz CT molecular complexity index is 1320. The van der Waals surface area contributed by atoms with Crippen LogP contribution in [0.1, 0.15) is 23.9 Å². The summed E-state index contributed by atoms with van der Waals surface area (Å²) in [5, 5.41) is 16.2. The molecular formula is C21H21N7O3S. The third kappa shape index (κ3) is 5.16. The van der Waals surface area contributed by atoms with E-state index in [-0.39, 0.29) is 16.4 Å². The van der Waals surface area contributed by atoms with Crippen molar-refractivity contribution in [1.29, 1.82) is 5.26 Å². The third-order valence-corrected chi connectivity index (χ3v) is 5.89. The summed E-state index contributed by atoms with van der Waals surface area (Å²) >= 11 is 0. The number of nitrogens with zero attached hydrogens (tertiary/aromatic N) is 5. The summed E-state index contributed by atoms with van der Waals surface area (Å²) in [6, 6.07) is 9.06. The number of nitriles is 1. The first-order chi connectivity index (χ1) is 15.2. The lowest BCUT2D eigenvalue weighted by Gasteiger charge is -2.08. The van der Waals surface area contributed by atoms with Crippen molar-refractivity contribution < 1.29 is 13.2 Å². The molecule has 0 saturated heterocycles. The summed E-state index contributed by atoms with van der Waals surface area (Å²) in [6.07, 6.45) is 4.51. The summed E-state index contributed by atoms with van der Waals surface area (Å²) < 4.78 is 29.1. The fourth-order valence-electron chi connectivity index (χ4n) is 2.82. The Kier molecular flexibility index (Phi) is 6.65. The van der Waals surface area contributed by atoms with E-state index < -0.39 is 15.9 Å². The standard InChI is InChI=1S/C21H21N7O3S/c1-4-28-15(3)17(13-24-28)11-16(12-22)20(29)26-18-5-7-19(8-6-18)32(30,31)27-21-23-10-9-14(2)25-21/h5-11,13H,4H2,1-3H3,(H,26,29)(H,23,25,27)/b16-11+. The van der Waals surface area contributed by atoms with Gasteiger partial charge >= 0.3 is 0 Å². The molecule has 3 rings (SSSR count). The number of amides is 1. The molecule has 2 heterocycles. The maximum Gasteiger partial charge on any atom is 0.266 e. The van der Waals surface area contributed by atoms with Crippen molar-refractivity contribution in [2.24, 2.45) is 0 Å². The average molecular weight is 452 g/mol. The molecule has 0 fully saturated rings. The molecule has 0 bridgehead atoms. The fraction of sp³-hybridized carbons (Fsp3) is 0.190. The topological polar surface area (TPSA) is 143 Å². The molecular weight excluding hydrogens is 430 g/mol. The first kappa shape index (κ1) is 22.6. The molecule has 0 spiro atoms. The van der Waals surface area contributed by atoms with Gasteiger partial charge in [-0.2, -0.15) is 10.4 Å². The number of hydrogen-bond donors (Lipinski definition) is 2. The van der Waals surface area contributed by atoms with Gasteiger partial charge in [0.1, 0.15) is 11.6 Å². The highest BCUT2D eigenvalue weighted by molar-refractivity contribution is 7.92. The van der Waals surface area contributed by atoms with Crippen molar-refractivity contribution in [2.45, 2.75) is 32.2 Å². The lowest BCUT2D eigenvalue weighted by atomic mass is 10.1. The predicted octanol–water partition coefficient (Wildman–Crippen LogP) is 2.66. The Morgan fingerprint density at radius 2 is 1.94 bits per heavy atom. The molecule has 0 aliphatic rings. The summed E-state index contributed by atoms with van der Waals surface area (Å²) in [6.45, 7) is 6.19. The fourth-order valence-corrected chi connectivity index (χ4v) is 3.77. The number of anilines is 2. The molecule has 2 N–H and O–H groups in total. The molecule has 0 aliphatic heterocycles. The molecule has 0 atom stereocenters. The van der Waals surface area contributed by atoms with Gasteiger partial charge in [0, 0.05) is 35.4 Å². The average Bonchev–Trinajstić information content (AvgIpc) is 3.11. The molecule has 10 nitrogen and oxygen atoms in total. The smallest absolute Gasteiger partial charge is 0.266 e. The van der Waals surface area contributed by atoms with Crippen LogP contribution in [0, 0.1) is 25.2 Å². The molecule has 1 amide bonds. The minimum absolute atomic E-state index is 0.0285. The highest BCUT2D eigenvalue weighted by Crippen LogP contribution is 2.18. The molecule has 0 radical (unpaired) electrons. The Morgan fingerprint density at radius 1 is 1.22 bits per heavy atom. The van der Waals surface area contributed by atoms with Crippen LogP contribution in [0.4, 0.5) is 11.6 Å². The van der Waals surface area contributed by atoms with Gasteiger partial charge in [-0.1, -0.05) is 0 Å². The summed E-state index contributed by atoms with van der Waals surface area (Å²) in [4.78, 5) is 20.4. The number of aryl methyl sites for hydroxylation is 2. The van der Waals surface area contributed by atoms with Gasteiger partial charge in [0.25, 0.3) is 15.9 Å². The molecule has 0 saturated carbocycles. The highest BCUT2D eigenvalue weighted by Gasteiger charge is 2.17. The molecule has 164 valence electrons. The van der Waals surface area contributed by atoms with Crippen molar-refractivity contribution in [1.82, 2.24) is 19.7 Å². The van der Waals surface area contributed by atoms with Gasteiger partial charge in [-0.25, -0.2) is 23.1 Å². The van der Waals surface area contributed by atoms with E-state index in [0.717, 1.165) is 5.69 Å². The molecule has 32 heavy (non-hydrogen) atoms. The zero-order valence-electron chi connectivity index (χ0n) is 17.7. The Labute approximate surface area is 185 Å². The van der Waals surface area contributed by atoms with Crippen LogP contribution in [0.2, 0.25) is 0 Å². The van der Waals surface area contributed by atoms with Crippen LogP contribution >= 0.6 is 0 Å². The van der Waals surface area contributed by atoms with E-state index in [2.05, 4.69) is 25.1 Å². The first-order valence-electron chi connectivity index (χ1n) is 9.61. The normalized spacial score (nSPS) is 11.6. The number of hydrogen-bond acceptors (Lipinski definition) is 7. The SMILES string of the molecule is CCn1ncc(/C=C(\C#N)C(=O)Nc2ccc(S(=O)(=O)Nc3nccc(C)n3)cc2)c1C. The van der Waals surface area contributed by atoms with E-state index >= 15 is 0 Å². The van der Waals surface area contributed by atoms with Crippen LogP contribution < -0.4 is 10.0 Å². The van der Waals surface area contributed by atoms with E-state index in [1.54, 1.807) is 23.9 Å². The van der Waals surface area contributed by atoms with Crippen molar-refractivity contribution in [2.75, 3.05) is 10.0 Å². The second-order valence-corrected chi connectivity index (χ2v) is 8.46. The predicted molar refractivity (Wildman–Crippen MR) is 119 cm³/mol. The molecule has 1 aromatic carbocycles. The lowest BCUT2D eigenvalue weighted by molar-refractivity contribution is -0.112.